The fourth-order valence-corrected chi connectivity index (χ4v) is 4.14. The van der Waals surface area contributed by atoms with Crippen LogP contribution in [0.1, 0.15) is 33.4 Å². The molecule has 0 aliphatic heterocycles. The van der Waals surface area contributed by atoms with Gasteiger partial charge in [-0.3, -0.25) is 9.82 Å². The molecule has 2 rings (SSSR count). The SMILES string of the molecule is Cc1c(C)c(C)c(S(=O)(=O)Nc2[nH]ncc2C#N)c(C)c1C. The number of aromatic amines is 1. The van der Waals surface area contributed by atoms with Crippen molar-refractivity contribution in [2.75, 3.05) is 4.72 Å². The van der Waals surface area contributed by atoms with E-state index < -0.39 is 10.0 Å². The lowest BCUT2D eigenvalue weighted by molar-refractivity contribution is 0.599. The molecule has 7 heteroatoms. The van der Waals surface area contributed by atoms with E-state index >= 15 is 0 Å². The third kappa shape index (κ3) is 2.46. The fraction of sp³-hybridized carbons (Fsp3) is 0.333. The van der Waals surface area contributed by atoms with Crippen LogP contribution in [0.2, 0.25) is 0 Å². The molecule has 1 aromatic carbocycles. The second kappa shape index (κ2) is 5.46. The van der Waals surface area contributed by atoms with E-state index in [0.29, 0.717) is 11.1 Å². The summed E-state index contributed by atoms with van der Waals surface area (Å²) in [5.74, 6) is 0.0807. The van der Waals surface area contributed by atoms with Crippen LogP contribution in [0.5, 0.6) is 0 Å². The fourth-order valence-electron chi connectivity index (χ4n) is 2.50. The summed E-state index contributed by atoms with van der Waals surface area (Å²) in [5.41, 5.74) is 4.58. The van der Waals surface area contributed by atoms with E-state index in [1.165, 1.54) is 6.20 Å². The molecule has 0 radical (unpaired) electrons. The van der Waals surface area contributed by atoms with Crippen LogP contribution in [0.4, 0.5) is 5.82 Å². The minimum absolute atomic E-state index is 0.0807. The highest BCUT2D eigenvalue weighted by Crippen LogP contribution is 2.30. The lowest BCUT2D eigenvalue weighted by Crippen LogP contribution is -2.18. The smallest absolute Gasteiger partial charge is 0.263 e. The van der Waals surface area contributed by atoms with Crippen molar-refractivity contribution in [1.29, 1.82) is 5.26 Å². The maximum Gasteiger partial charge on any atom is 0.263 e. The molecule has 0 amide bonds. The van der Waals surface area contributed by atoms with E-state index in [-0.39, 0.29) is 16.3 Å². The number of hydrogen-bond acceptors (Lipinski definition) is 4. The summed E-state index contributed by atoms with van der Waals surface area (Å²) < 4.78 is 27.9. The minimum Gasteiger partial charge on any atom is -0.263 e. The zero-order chi connectivity index (χ0) is 16.7. The summed E-state index contributed by atoms with van der Waals surface area (Å²) in [7, 11) is -3.81. The zero-order valence-corrected chi connectivity index (χ0v) is 14.0. The Morgan fingerprint density at radius 1 is 1.05 bits per heavy atom. The number of rotatable bonds is 3. The first-order valence-corrected chi connectivity index (χ1v) is 8.22. The second-order valence-electron chi connectivity index (χ2n) is 5.33. The van der Waals surface area contributed by atoms with Crippen molar-refractivity contribution in [1.82, 2.24) is 10.2 Å². The highest BCUT2D eigenvalue weighted by molar-refractivity contribution is 7.92. The van der Waals surface area contributed by atoms with E-state index in [1.54, 1.807) is 13.8 Å². The third-order valence-electron chi connectivity index (χ3n) is 4.20. The van der Waals surface area contributed by atoms with Crippen molar-refractivity contribution in [3.05, 3.63) is 39.6 Å². The first-order valence-electron chi connectivity index (χ1n) is 6.74. The Labute approximate surface area is 130 Å². The van der Waals surface area contributed by atoms with E-state index in [1.807, 2.05) is 26.8 Å². The highest BCUT2D eigenvalue weighted by Gasteiger charge is 2.25. The van der Waals surface area contributed by atoms with Gasteiger partial charge in [0.25, 0.3) is 10.0 Å². The van der Waals surface area contributed by atoms with Gasteiger partial charge in [0.05, 0.1) is 11.1 Å². The number of H-pyrrole nitrogens is 1. The average Bonchev–Trinajstić information content (AvgIpc) is 2.89. The highest BCUT2D eigenvalue weighted by atomic mass is 32.2. The van der Waals surface area contributed by atoms with Crippen LogP contribution in [-0.4, -0.2) is 18.6 Å². The Hall–Kier alpha value is -2.33. The maximum atomic E-state index is 12.8. The molecule has 116 valence electrons. The molecule has 0 aliphatic carbocycles. The summed E-state index contributed by atoms with van der Waals surface area (Å²) in [4.78, 5) is 0.256. The van der Waals surface area contributed by atoms with Gasteiger partial charge in [-0.15, -0.1) is 0 Å². The van der Waals surface area contributed by atoms with E-state index in [4.69, 9.17) is 5.26 Å². The number of hydrogen-bond donors (Lipinski definition) is 2. The summed E-state index contributed by atoms with van der Waals surface area (Å²) in [6, 6.07) is 1.89. The van der Waals surface area contributed by atoms with Crippen molar-refractivity contribution in [3.63, 3.8) is 0 Å². The van der Waals surface area contributed by atoms with Crippen LogP contribution < -0.4 is 4.72 Å². The van der Waals surface area contributed by atoms with Gasteiger partial charge < -0.3 is 0 Å². The Morgan fingerprint density at radius 2 is 1.55 bits per heavy atom. The molecule has 2 aromatic rings. The molecule has 0 unspecified atom stereocenters. The first-order chi connectivity index (χ1) is 10.2. The van der Waals surface area contributed by atoms with Crippen molar-refractivity contribution < 1.29 is 8.42 Å². The second-order valence-corrected chi connectivity index (χ2v) is 6.95. The van der Waals surface area contributed by atoms with Gasteiger partial charge in [0.15, 0.2) is 5.82 Å². The number of sulfonamides is 1. The number of benzene rings is 1. The summed E-state index contributed by atoms with van der Waals surface area (Å²) in [5, 5.41) is 15.2. The molecule has 0 spiro atoms. The first kappa shape index (κ1) is 16.0. The largest absolute Gasteiger partial charge is 0.263 e. The number of nitrogens with one attached hydrogen (secondary N) is 2. The molecular weight excluding hydrogens is 300 g/mol. The molecule has 2 N–H and O–H groups in total. The lowest BCUT2D eigenvalue weighted by atomic mass is 9.95. The molecular formula is C15H18N4O2S. The third-order valence-corrected chi connectivity index (χ3v) is 5.82. The van der Waals surface area contributed by atoms with Crippen molar-refractivity contribution in [2.24, 2.45) is 0 Å². The molecule has 1 aromatic heterocycles. The van der Waals surface area contributed by atoms with Crippen molar-refractivity contribution in [2.45, 2.75) is 39.5 Å². The Bertz CT molecular complexity index is 860. The quantitative estimate of drug-likeness (QED) is 0.908. The van der Waals surface area contributed by atoms with E-state index in [9.17, 15) is 8.42 Å². The van der Waals surface area contributed by atoms with Crippen molar-refractivity contribution >= 4 is 15.8 Å². The molecule has 1 heterocycles. The van der Waals surface area contributed by atoms with Crippen LogP contribution >= 0.6 is 0 Å². The maximum absolute atomic E-state index is 12.8. The lowest BCUT2D eigenvalue weighted by Gasteiger charge is -2.19. The van der Waals surface area contributed by atoms with Crippen molar-refractivity contribution in [3.8, 4) is 6.07 Å². The van der Waals surface area contributed by atoms with E-state index in [0.717, 1.165) is 16.7 Å². The number of aromatic nitrogens is 2. The van der Waals surface area contributed by atoms with Gasteiger partial charge in [0.1, 0.15) is 11.6 Å². The molecule has 0 atom stereocenters. The van der Waals surface area contributed by atoms with Gasteiger partial charge in [-0.05, 0) is 62.4 Å². The standard InChI is InChI=1S/C15H18N4O2S/c1-8-9(2)11(4)14(12(5)10(8)3)22(20,21)19-15-13(6-16)7-17-18-15/h7H,1-5H3,(H2,17,18,19). The average molecular weight is 318 g/mol. The molecule has 0 fully saturated rings. The van der Waals surface area contributed by atoms with Crippen LogP contribution in [-0.2, 0) is 10.0 Å². The number of nitriles is 1. The van der Waals surface area contributed by atoms with Gasteiger partial charge in [0, 0.05) is 0 Å². The minimum atomic E-state index is -3.81. The van der Waals surface area contributed by atoms with Gasteiger partial charge >= 0.3 is 0 Å². The van der Waals surface area contributed by atoms with Gasteiger partial charge in [-0.1, -0.05) is 0 Å². The molecule has 0 bridgehead atoms. The van der Waals surface area contributed by atoms with Crippen LogP contribution in [0.25, 0.3) is 0 Å². The zero-order valence-electron chi connectivity index (χ0n) is 13.2. The van der Waals surface area contributed by atoms with Crippen LogP contribution in [0.3, 0.4) is 0 Å². The summed E-state index contributed by atoms with van der Waals surface area (Å²) in [6.45, 7) is 9.39. The molecule has 0 saturated carbocycles. The Morgan fingerprint density at radius 3 is 2.05 bits per heavy atom. The topological polar surface area (TPSA) is 98.6 Å². The predicted octanol–water partition coefficient (Wildman–Crippen LogP) is 2.62. The van der Waals surface area contributed by atoms with Gasteiger partial charge in [0.2, 0.25) is 0 Å². The predicted molar refractivity (Wildman–Crippen MR) is 84.2 cm³/mol. The molecule has 0 saturated heterocycles. The molecule has 0 aliphatic rings. The van der Waals surface area contributed by atoms with Gasteiger partial charge in [-0.25, -0.2) is 8.42 Å². The molecule has 6 nitrogen and oxygen atoms in total. The monoisotopic (exact) mass is 318 g/mol. The number of anilines is 1. The van der Waals surface area contributed by atoms with E-state index in [2.05, 4.69) is 14.9 Å². The van der Waals surface area contributed by atoms with Crippen LogP contribution in [0.15, 0.2) is 11.1 Å². The summed E-state index contributed by atoms with van der Waals surface area (Å²) in [6.07, 6.45) is 1.28. The normalized spacial score (nSPS) is 11.3. The molecule has 22 heavy (non-hydrogen) atoms. The van der Waals surface area contributed by atoms with Crippen LogP contribution in [0, 0.1) is 45.9 Å². The van der Waals surface area contributed by atoms with Gasteiger partial charge in [-0.2, -0.15) is 10.4 Å². The Balaban J connectivity index is 2.63. The Kier molecular flexibility index (Phi) is 3.98. The summed E-state index contributed by atoms with van der Waals surface area (Å²) >= 11 is 0. The number of nitrogens with zero attached hydrogens (tertiary/aromatic N) is 2.